The van der Waals surface area contributed by atoms with Gasteiger partial charge in [0.25, 0.3) is 0 Å². The molecule has 0 amide bonds. The van der Waals surface area contributed by atoms with Gasteiger partial charge in [0.1, 0.15) is 0 Å². The molecular formula is C44H40O8P2. The summed E-state index contributed by atoms with van der Waals surface area (Å²) in [6.07, 6.45) is 1.47. The number of benzene rings is 6. The average Bonchev–Trinajstić information content (AvgIpc) is 3.94. The molecular weight excluding hydrogens is 718 g/mol. The van der Waals surface area contributed by atoms with E-state index in [9.17, 15) is 0 Å². The molecule has 2 aliphatic rings. The molecule has 2 aliphatic heterocycles. The van der Waals surface area contributed by atoms with Crippen LogP contribution in [0.3, 0.4) is 0 Å². The molecule has 8 rings (SSSR count). The lowest BCUT2D eigenvalue weighted by atomic mass is 10.0. The maximum absolute atomic E-state index is 16.5. The van der Waals surface area contributed by atoms with Crippen molar-refractivity contribution >= 4 is 46.1 Å². The Morgan fingerprint density at radius 2 is 0.759 bits per heavy atom. The fourth-order valence-electron chi connectivity index (χ4n) is 7.08. The van der Waals surface area contributed by atoms with Crippen LogP contribution in [-0.4, -0.2) is 26.8 Å². The van der Waals surface area contributed by atoms with E-state index in [-0.39, 0.29) is 13.6 Å². The van der Waals surface area contributed by atoms with E-state index in [4.69, 9.17) is 28.4 Å². The first kappa shape index (κ1) is 35.6. The van der Waals surface area contributed by atoms with E-state index < -0.39 is 14.3 Å². The van der Waals surface area contributed by atoms with Crippen molar-refractivity contribution in [3.8, 4) is 45.6 Å². The predicted octanol–water partition coefficient (Wildman–Crippen LogP) is 7.67. The summed E-state index contributed by atoms with van der Waals surface area (Å²) in [7, 11) is -7.55. The summed E-state index contributed by atoms with van der Waals surface area (Å²) in [5.41, 5.74) is 0.849. The third-order valence-corrected chi connectivity index (χ3v) is 15.7. The molecule has 0 saturated carbocycles. The molecule has 6 aromatic rings. The Kier molecular flexibility index (Phi) is 9.98. The summed E-state index contributed by atoms with van der Waals surface area (Å²) in [5.74, 6) is 2.19. The third kappa shape index (κ3) is 6.04. The first-order valence-corrected chi connectivity index (χ1v) is 21.5. The van der Waals surface area contributed by atoms with Gasteiger partial charge in [0, 0.05) is 43.0 Å². The van der Waals surface area contributed by atoms with E-state index in [0.29, 0.717) is 90.7 Å². The minimum Gasteiger partial charge on any atom is -0.490 e. The van der Waals surface area contributed by atoms with Gasteiger partial charge in [-0.15, -0.1) is 0 Å². The van der Waals surface area contributed by atoms with Crippen LogP contribution in [0.15, 0.2) is 133 Å². The molecule has 274 valence electrons. The van der Waals surface area contributed by atoms with Crippen molar-refractivity contribution in [2.45, 2.75) is 26.7 Å². The lowest BCUT2D eigenvalue weighted by Crippen LogP contribution is -2.30. The topological polar surface area (TPSA) is 89.5 Å². The second-order valence-corrected chi connectivity index (χ2v) is 18.4. The second-order valence-electron chi connectivity index (χ2n) is 12.9. The van der Waals surface area contributed by atoms with Crippen molar-refractivity contribution < 1.29 is 37.6 Å². The molecule has 0 N–H and O–H groups in total. The molecule has 10 heteroatoms. The summed E-state index contributed by atoms with van der Waals surface area (Å²) in [6.45, 7) is 4.63. The van der Waals surface area contributed by atoms with E-state index in [0.717, 1.165) is 12.8 Å². The van der Waals surface area contributed by atoms with Crippen LogP contribution in [0.4, 0.5) is 0 Å². The van der Waals surface area contributed by atoms with E-state index in [1.807, 2.05) is 147 Å². The van der Waals surface area contributed by atoms with Crippen molar-refractivity contribution in [1.82, 2.24) is 0 Å². The minimum atomic E-state index is -3.77. The van der Waals surface area contributed by atoms with Crippen LogP contribution < -0.4 is 60.2 Å². The highest BCUT2D eigenvalue weighted by Gasteiger charge is 2.44. The third-order valence-electron chi connectivity index (χ3n) is 9.51. The zero-order valence-electron chi connectivity index (χ0n) is 30.1. The van der Waals surface area contributed by atoms with Gasteiger partial charge in [-0.25, -0.2) is 0 Å². The van der Waals surface area contributed by atoms with Gasteiger partial charge in [-0.3, -0.25) is 0 Å². The average molecular weight is 759 g/mol. The first-order valence-electron chi connectivity index (χ1n) is 18.1. The Hall–Kier alpha value is -5.42. The van der Waals surface area contributed by atoms with Crippen molar-refractivity contribution in [2.75, 3.05) is 26.8 Å². The monoisotopic (exact) mass is 758 g/mol. The van der Waals surface area contributed by atoms with Gasteiger partial charge in [0.05, 0.1) is 13.2 Å². The molecule has 0 aliphatic carbocycles. The van der Waals surface area contributed by atoms with E-state index >= 15 is 9.13 Å². The van der Waals surface area contributed by atoms with Crippen LogP contribution in [-0.2, 0) is 9.13 Å². The number of hydrogen-bond acceptors (Lipinski definition) is 8. The molecule has 0 fully saturated rings. The summed E-state index contributed by atoms with van der Waals surface area (Å²) >= 11 is 0. The lowest BCUT2D eigenvalue weighted by molar-refractivity contribution is 0.169. The predicted molar refractivity (Wildman–Crippen MR) is 214 cm³/mol. The molecule has 54 heavy (non-hydrogen) atoms. The number of hydrogen-bond donors (Lipinski definition) is 0. The van der Waals surface area contributed by atoms with Crippen LogP contribution in [0, 0.1) is 0 Å². The minimum absolute atomic E-state index is 0.100. The highest BCUT2D eigenvalue weighted by Crippen LogP contribution is 2.60. The maximum Gasteiger partial charge on any atom is 0.231 e. The van der Waals surface area contributed by atoms with E-state index in [1.165, 1.54) is 0 Å². The number of fused-ring (bicyclic) bond motifs is 2. The maximum atomic E-state index is 16.5. The molecule has 0 aromatic heterocycles. The fraction of sp³-hybridized carbons (Fsp3) is 0.182. The zero-order valence-corrected chi connectivity index (χ0v) is 31.9. The van der Waals surface area contributed by atoms with Crippen molar-refractivity contribution in [3.63, 3.8) is 0 Å². The molecule has 0 bridgehead atoms. The van der Waals surface area contributed by atoms with Crippen molar-refractivity contribution in [3.05, 3.63) is 133 Å². The summed E-state index contributed by atoms with van der Waals surface area (Å²) in [4.78, 5) is 0. The first-order chi connectivity index (χ1) is 26.5. The molecule has 0 unspecified atom stereocenters. The van der Waals surface area contributed by atoms with Crippen LogP contribution in [0.2, 0.25) is 0 Å². The molecule has 0 saturated heterocycles. The van der Waals surface area contributed by atoms with Crippen LogP contribution >= 0.6 is 14.3 Å². The molecule has 8 nitrogen and oxygen atoms in total. The van der Waals surface area contributed by atoms with Gasteiger partial charge >= 0.3 is 0 Å². The van der Waals surface area contributed by atoms with E-state index in [2.05, 4.69) is 0 Å². The smallest absolute Gasteiger partial charge is 0.231 e. The highest BCUT2D eigenvalue weighted by atomic mass is 31.2. The fourth-order valence-corrected chi connectivity index (χ4v) is 12.8. The molecule has 0 spiro atoms. The van der Waals surface area contributed by atoms with E-state index in [1.54, 1.807) is 0 Å². The Balaban J connectivity index is 1.57. The second kappa shape index (κ2) is 15.1. The Morgan fingerprint density at radius 1 is 0.463 bits per heavy atom. The summed E-state index contributed by atoms with van der Waals surface area (Å²) in [5, 5.41) is 3.25. The standard InChI is InChI=1S/C44H40O8P2/c1-3-25-47-35-27-37(53(45,31-17-9-5-10-18-31)32-19-11-6-12-20-32)39(43-41(35)49-29-51-43)40-38(28-36(48-26-4-2)42-44(40)52-30-50-42)54(46,33-21-13-7-14-22-33)34-23-15-8-16-24-34/h5-24,27-28H,3-4,25-26,29-30H2,1-2H3. The Labute approximate surface area is 315 Å². The quantitative estimate of drug-likeness (QED) is 0.111. The van der Waals surface area contributed by atoms with Gasteiger partial charge < -0.3 is 37.6 Å². The van der Waals surface area contributed by atoms with Crippen LogP contribution in [0.5, 0.6) is 34.5 Å². The van der Waals surface area contributed by atoms with Crippen LogP contribution in [0.25, 0.3) is 11.1 Å². The van der Waals surface area contributed by atoms with Gasteiger partial charge in [-0.2, -0.15) is 0 Å². The van der Waals surface area contributed by atoms with Gasteiger partial charge in [0.15, 0.2) is 37.3 Å². The highest BCUT2D eigenvalue weighted by molar-refractivity contribution is 7.86. The van der Waals surface area contributed by atoms with Crippen molar-refractivity contribution in [2.24, 2.45) is 0 Å². The normalized spacial score (nSPS) is 13.1. The molecule has 0 radical (unpaired) electrons. The lowest BCUT2D eigenvalue weighted by Gasteiger charge is -2.29. The summed E-state index contributed by atoms with van der Waals surface area (Å²) < 4.78 is 70.8. The van der Waals surface area contributed by atoms with Gasteiger partial charge in [-0.1, -0.05) is 135 Å². The van der Waals surface area contributed by atoms with Crippen molar-refractivity contribution in [1.29, 1.82) is 0 Å². The number of ether oxygens (including phenoxy) is 6. The SMILES string of the molecule is CCCOc1cc(P(=O)(c2ccccc2)c2ccccc2)c(-c2c(P(=O)(c3ccccc3)c3ccccc3)cc(OCCC)c3c2OCO3)c2c1OCO2. The zero-order chi connectivity index (χ0) is 37.1. The molecule has 2 heterocycles. The molecule has 0 atom stereocenters. The van der Waals surface area contributed by atoms with Gasteiger partial charge in [0.2, 0.25) is 25.1 Å². The number of rotatable bonds is 13. The van der Waals surface area contributed by atoms with Gasteiger partial charge in [-0.05, 0) is 25.0 Å². The summed E-state index contributed by atoms with van der Waals surface area (Å²) in [6, 6.07) is 41.3. The molecule has 6 aromatic carbocycles. The Morgan fingerprint density at radius 3 is 1.06 bits per heavy atom. The van der Waals surface area contributed by atoms with Crippen LogP contribution in [0.1, 0.15) is 26.7 Å². The Bertz CT molecular complexity index is 2110. The largest absolute Gasteiger partial charge is 0.490 e.